The van der Waals surface area contributed by atoms with E-state index in [1.165, 1.54) is 12.1 Å². The fourth-order valence-corrected chi connectivity index (χ4v) is 4.42. The molecule has 0 bridgehead atoms. The van der Waals surface area contributed by atoms with Gasteiger partial charge in [-0.3, -0.25) is 4.57 Å². The minimum Gasteiger partial charge on any atom is -0.478 e. The van der Waals surface area contributed by atoms with Crippen LogP contribution in [-0.4, -0.2) is 53.4 Å². The molecule has 4 heterocycles. The Labute approximate surface area is 192 Å². The van der Waals surface area contributed by atoms with Gasteiger partial charge in [-0.1, -0.05) is 12.1 Å². The molecule has 1 saturated heterocycles. The first-order valence-electron chi connectivity index (χ1n) is 10.9. The van der Waals surface area contributed by atoms with Crippen LogP contribution in [0.4, 0.5) is 4.39 Å². The SMILES string of the molecule is O=C(O)c1cccc(-c2nc3cnc(-n4cnc5ccc(F)cc54)nc3n2C2CCOCC2)c1. The number of halogens is 1. The lowest BCUT2D eigenvalue weighted by molar-refractivity contribution is 0.0696. The van der Waals surface area contributed by atoms with Gasteiger partial charge >= 0.3 is 5.97 Å². The molecule has 6 rings (SSSR count). The highest BCUT2D eigenvalue weighted by Gasteiger charge is 2.25. The van der Waals surface area contributed by atoms with E-state index in [9.17, 15) is 14.3 Å². The molecule has 1 aliphatic heterocycles. The van der Waals surface area contributed by atoms with Gasteiger partial charge < -0.3 is 14.4 Å². The molecular weight excluding hydrogens is 439 g/mol. The molecule has 10 heteroatoms. The molecule has 1 N–H and O–H groups in total. The first kappa shape index (κ1) is 20.4. The highest BCUT2D eigenvalue weighted by molar-refractivity contribution is 5.89. The third kappa shape index (κ3) is 3.39. The smallest absolute Gasteiger partial charge is 0.335 e. The summed E-state index contributed by atoms with van der Waals surface area (Å²) in [7, 11) is 0. The first-order chi connectivity index (χ1) is 16.6. The maximum Gasteiger partial charge on any atom is 0.335 e. The molecule has 1 fully saturated rings. The summed E-state index contributed by atoms with van der Waals surface area (Å²) in [6.07, 6.45) is 4.74. The van der Waals surface area contributed by atoms with Crippen molar-refractivity contribution in [3.63, 3.8) is 0 Å². The van der Waals surface area contributed by atoms with Gasteiger partial charge in [0.1, 0.15) is 23.5 Å². The second kappa shape index (κ2) is 7.99. The summed E-state index contributed by atoms with van der Waals surface area (Å²) in [5.74, 6) is -0.405. The van der Waals surface area contributed by atoms with Gasteiger partial charge in [0, 0.05) is 30.9 Å². The van der Waals surface area contributed by atoms with Crippen LogP contribution in [0.1, 0.15) is 29.2 Å². The fraction of sp³-hybridized carbons (Fsp3) is 0.208. The van der Waals surface area contributed by atoms with Crippen LogP contribution in [0.15, 0.2) is 55.0 Å². The number of benzene rings is 2. The second-order valence-corrected chi connectivity index (χ2v) is 8.16. The average Bonchev–Trinajstić information content (AvgIpc) is 3.45. The number of rotatable bonds is 4. The molecular formula is C24H19FN6O3. The van der Waals surface area contributed by atoms with Crippen molar-refractivity contribution in [2.75, 3.05) is 13.2 Å². The normalized spacial score (nSPS) is 14.7. The van der Waals surface area contributed by atoms with E-state index in [2.05, 4.69) is 9.97 Å². The zero-order valence-corrected chi connectivity index (χ0v) is 17.9. The van der Waals surface area contributed by atoms with Crippen LogP contribution in [0, 0.1) is 5.82 Å². The van der Waals surface area contributed by atoms with Gasteiger partial charge in [-0.25, -0.2) is 24.1 Å². The molecule has 170 valence electrons. The quantitative estimate of drug-likeness (QED) is 0.433. The molecule has 0 aliphatic carbocycles. The lowest BCUT2D eigenvalue weighted by atomic mass is 10.1. The molecule has 2 aromatic carbocycles. The van der Waals surface area contributed by atoms with E-state index >= 15 is 0 Å². The number of ether oxygens (including phenoxy) is 1. The van der Waals surface area contributed by atoms with Gasteiger partial charge in [0.15, 0.2) is 5.65 Å². The Morgan fingerprint density at radius 2 is 1.91 bits per heavy atom. The Bertz CT molecular complexity index is 1550. The summed E-state index contributed by atoms with van der Waals surface area (Å²) in [5, 5.41) is 9.46. The first-order valence-corrected chi connectivity index (χ1v) is 10.9. The lowest BCUT2D eigenvalue weighted by Crippen LogP contribution is -2.20. The fourth-order valence-electron chi connectivity index (χ4n) is 4.42. The van der Waals surface area contributed by atoms with Gasteiger partial charge in [-0.15, -0.1) is 0 Å². The molecule has 34 heavy (non-hydrogen) atoms. The number of hydrogen-bond acceptors (Lipinski definition) is 6. The second-order valence-electron chi connectivity index (χ2n) is 8.16. The third-order valence-electron chi connectivity index (χ3n) is 6.07. The number of fused-ring (bicyclic) bond motifs is 2. The van der Waals surface area contributed by atoms with E-state index in [0.717, 1.165) is 12.8 Å². The molecule has 5 aromatic rings. The van der Waals surface area contributed by atoms with Crippen molar-refractivity contribution in [1.82, 2.24) is 29.1 Å². The van der Waals surface area contributed by atoms with Crippen LogP contribution in [-0.2, 0) is 4.74 Å². The van der Waals surface area contributed by atoms with Gasteiger partial charge in [0.05, 0.1) is 22.8 Å². The van der Waals surface area contributed by atoms with E-state index in [4.69, 9.17) is 14.7 Å². The van der Waals surface area contributed by atoms with Crippen molar-refractivity contribution in [2.45, 2.75) is 18.9 Å². The van der Waals surface area contributed by atoms with Crippen molar-refractivity contribution >= 4 is 28.2 Å². The highest BCUT2D eigenvalue weighted by Crippen LogP contribution is 2.33. The van der Waals surface area contributed by atoms with Crippen molar-refractivity contribution in [2.24, 2.45) is 0 Å². The molecule has 0 saturated carbocycles. The van der Waals surface area contributed by atoms with E-state index in [1.807, 2.05) is 10.6 Å². The van der Waals surface area contributed by atoms with E-state index in [0.29, 0.717) is 52.7 Å². The Balaban J connectivity index is 1.56. The summed E-state index contributed by atoms with van der Waals surface area (Å²) in [4.78, 5) is 29.9. The number of aromatic carboxylic acids is 1. The van der Waals surface area contributed by atoms with Gasteiger partial charge in [0.2, 0.25) is 5.95 Å². The van der Waals surface area contributed by atoms with Crippen LogP contribution in [0.2, 0.25) is 0 Å². The highest BCUT2D eigenvalue weighted by atomic mass is 19.1. The maximum atomic E-state index is 13.9. The molecule has 0 radical (unpaired) electrons. The molecule has 0 unspecified atom stereocenters. The standard InChI is InChI=1S/C24H19FN6O3/c25-16-4-5-18-20(11-16)30(13-27-18)24-26-12-19-22(29-24)31(17-6-8-34-9-7-17)21(28-19)14-2-1-3-15(10-14)23(32)33/h1-5,10-13,17H,6-9H2,(H,32,33). The monoisotopic (exact) mass is 458 g/mol. The Morgan fingerprint density at radius 3 is 2.74 bits per heavy atom. The van der Waals surface area contributed by atoms with Crippen LogP contribution in [0.3, 0.4) is 0 Å². The molecule has 0 atom stereocenters. The molecule has 1 aliphatic rings. The Kier molecular flexibility index (Phi) is 4.80. The number of hydrogen-bond donors (Lipinski definition) is 1. The summed E-state index contributed by atoms with van der Waals surface area (Å²) in [6, 6.07) is 11.1. The Hall–Kier alpha value is -4.18. The van der Waals surface area contributed by atoms with E-state index < -0.39 is 5.97 Å². The zero-order valence-electron chi connectivity index (χ0n) is 17.9. The van der Waals surface area contributed by atoms with Crippen molar-refractivity contribution < 1.29 is 19.0 Å². The maximum absolute atomic E-state index is 13.9. The number of carbonyl (C=O) groups is 1. The number of imidazole rings is 2. The molecule has 3 aromatic heterocycles. The Morgan fingerprint density at radius 1 is 1.06 bits per heavy atom. The molecule has 0 amide bonds. The zero-order chi connectivity index (χ0) is 23.2. The number of carboxylic acid groups (broad SMARTS) is 1. The third-order valence-corrected chi connectivity index (χ3v) is 6.07. The number of nitrogens with zero attached hydrogens (tertiary/aromatic N) is 6. The summed E-state index contributed by atoms with van der Waals surface area (Å²) in [6.45, 7) is 1.23. The topological polar surface area (TPSA) is 108 Å². The average molecular weight is 458 g/mol. The van der Waals surface area contributed by atoms with Crippen molar-refractivity contribution in [1.29, 1.82) is 0 Å². The number of carboxylic acids is 1. The van der Waals surface area contributed by atoms with Crippen LogP contribution in [0.5, 0.6) is 0 Å². The molecule has 9 nitrogen and oxygen atoms in total. The van der Waals surface area contributed by atoms with E-state index in [-0.39, 0.29) is 17.4 Å². The predicted octanol–water partition coefficient (Wildman–Crippen LogP) is 4.02. The summed E-state index contributed by atoms with van der Waals surface area (Å²) < 4.78 is 23.1. The number of aromatic nitrogens is 6. The van der Waals surface area contributed by atoms with Crippen LogP contribution < -0.4 is 0 Å². The summed E-state index contributed by atoms with van der Waals surface area (Å²) in [5.41, 5.74) is 3.26. The van der Waals surface area contributed by atoms with Crippen molar-refractivity contribution in [3.8, 4) is 17.3 Å². The van der Waals surface area contributed by atoms with Crippen LogP contribution in [0.25, 0.3) is 39.5 Å². The summed E-state index contributed by atoms with van der Waals surface area (Å²) >= 11 is 0. The van der Waals surface area contributed by atoms with Gasteiger partial charge in [-0.2, -0.15) is 4.98 Å². The van der Waals surface area contributed by atoms with E-state index in [1.54, 1.807) is 41.4 Å². The minimum atomic E-state index is -1.00. The van der Waals surface area contributed by atoms with Gasteiger partial charge in [-0.05, 0) is 37.1 Å². The largest absolute Gasteiger partial charge is 0.478 e. The molecule has 0 spiro atoms. The lowest BCUT2D eigenvalue weighted by Gasteiger charge is -2.25. The predicted molar refractivity (Wildman–Crippen MR) is 121 cm³/mol. The van der Waals surface area contributed by atoms with Crippen molar-refractivity contribution in [3.05, 3.63) is 66.4 Å². The van der Waals surface area contributed by atoms with Crippen LogP contribution >= 0.6 is 0 Å². The van der Waals surface area contributed by atoms with Gasteiger partial charge in [0.25, 0.3) is 0 Å². The minimum absolute atomic E-state index is 0.0713.